The van der Waals surface area contributed by atoms with Crippen LogP contribution < -0.4 is 0 Å². The van der Waals surface area contributed by atoms with Crippen LogP contribution >= 0.6 is 0 Å². The van der Waals surface area contributed by atoms with Crippen molar-refractivity contribution in [3.63, 3.8) is 0 Å². The Morgan fingerprint density at radius 3 is 2.75 bits per heavy atom. The average molecular weight is 273 g/mol. The highest BCUT2D eigenvalue weighted by Gasteiger charge is 2.24. The molecule has 0 aromatic heterocycles. The molecule has 0 aliphatic carbocycles. The number of carbonyl (C=O) groups is 2. The van der Waals surface area contributed by atoms with Crippen LogP contribution in [0.4, 0.5) is 0 Å². The Balaban J connectivity index is 2.00. The summed E-state index contributed by atoms with van der Waals surface area (Å²) in [5, 5.41) is 8.57. The molecule has 0 radical (unpaired) electrons. The summed E-state index contributed by atoms with van der Waals surface area (Å²) in [6.45, 7) is 3.43. The van der Waals surface area contributed by atoms with Crippen LogP contribution in [0.25, 0.3) is 6.08 Å². The number of amides is 1. The van der Waals surface area contributed by atoms with Gasteiger partial charge in [0.05, 0.1) is 0 Å². The predicted molar refractivity (Wildman–Crippen MR) is 76.9 cm³/mol. The van der Waals surface area contributed by atoms with Crippen molar-refractivity contribution in [2.75, 3.05) is 6.54 Å². The molecular formula is C16H19NO3. The SMILES string of the molecule is CC1CCCN(Cc2ccc(/C=C/C(=O)O)cc2)C1=O. The number of carboxylic acids is 1. The number of hydrogen-bond donors (Lipinski definition) is 1. The first-order chi connectivity index (χ1) is 9.56. The molecule has 106 valence electrons. The quantitative estimate of drug-likeness (QED) is 0.858. The molecule has 1 atom stereocenters. The van der Waals surface area contributed by atoms with Crippen molar-refractivity contribution < 1.29 is 14.7 Å². The van der Waals surface area contributed by atoms with Crippen LogP contribution in [-0.4, -0.2) is 28.4 Å². The number of benzene rings is 1. The second-order valence-electron chi connectivity index (χ2n) is 5.22. The van der Waals surface area contributed by atoms with E-state index in [1.165, 1.54) is 0 Å². The molecule has 1 N–H and O–H groups in total. The minimum Gasteiger partial charge on any atom is -0.478 e. The van der Waals surface area contributed by atoms with Crippen LogP contribution in [0, 0.1) is 5.92 Å². The first kappa shape index (κ1) is 14.3. The fourth-order valence-corrected chi connectivity index (χ4v) is 2.41. The van der Waals surface area contributed by atoms with Crippen LogP contribution in [0.3, 0.4) is 0 Å². The van der Waals surface area contributed by atoms with Gasteiger partial charge in [0.15, 0.2) is 0 Å². The molecule has 1 unspecified atom stereocenters. The zero-order chi connectivity index (χ0) is 14.5. The zero-order valence-corrected chi connectivity index (χ0v) is 11.6. The number of rotatable bonds is 4. The number of carbonyl (C=O) groups excluding carboxylic acids is 1. The van der Waals surface area contributed by atoms with Crippen molar-refractivity contribution >= 4 is 18.0 Å². The molecule has 20 heavy (non-hydrogen) atoms. The lowest BCUT2D eigenvalue weighted by Crippen LogP contribution is -2.39. The smallest absolute Gasteiger partial charge is 0.328 e. The summed E-state index contributed by atoms with van der Waals surface area (Å²) in [7, 11) is 0. The lowest BCUT2D eigenvalue weighted by molar-refractivity contribution is -0.138. The molecule has 1 aromatic rings. The third kappa shape index (κ3) is 3.70. The molecule has 4 nitrogen and oxygen atoms in total. The highest BCUT2D eigenvalue weighted by Crippen LogP contribution is 2.19. The molecule has 1 amide bonds. The highest BCUT2D eigenvalue weighted by molar-refractivity contribution is 5.85. The van der Waals surface area contributed by atoms with Gasteiger partial charge in [-0.1, -0.05) is 31.2 Å². The molecule has 4 heteroatoms. The van der Waals surface area contributed by atoms with Crippen molar-refractivity contribution in [3.05, 3.63) is 41.5 Å². The number of likely N-dealkylation sites (tertiary alicyclic amines) is 1. The van der Waals surface area contributed by atoms with Crippen molar-refractivity contribution in [2.24, 2.45) is 5.92 Å². The Morgan fingerprint density at radius 2 is 2.10 bits per heavy atom. The van der Waals surface area contributed by atoms with E-state index in [9.17, 15) is 9.59 Å². The first-order valence-corrected chi connectivity index (χ1v) is 6.85. The lowest BCUT2D eigenvalue weighted by Gasteiger charge is -2.30. The van der Waals surface area contributed by atoms with Crippen molar-refractivity contribution in [2.45, 2.75) is 26.3 Å². The summed E-state index contributed by atoms with van der Waals surface area (Å²) in [6, 6.07) is 7.61. The monoisotopic (exact) mass is 273 g/mol. The summed E-state index contributed by atoms with van der Waals surface area (Å²) in [6.07, 6.45) is 4.71. The maximum Gasteiger partial charge on any atom is 0.328 e. The summed E-state index contributed by atoms with van der Waals surface area (Å²) in [5.74, 6) is -0.602. The Bertz CT molecular complexity index is 519. The number of carboxylic acid groups (broad SMARTS) is 1. The van der Waals surface area contributed by atoms with E-state index in [1.54, 1.807) is 6.08 Å². The largest absolute Gasteiger partial charge is 0.478 e. The van der Waals surface area contributed by atoms with Crippen LogP contribution in [-0.2, 0) is 16.1 Å². The highest BCUT2D eigenvalue weighted by atomic mass is 16.4. The molecular weight excluding hydrogens is 254 g/mol. The van der Waals surface area contributed by atoms with E-state index in [0.29, 0.717) is 6.54 Å². The minimum atomic E-state index is -0.957. The normalized spacial score (nSPS) is 19.6. The first-order valence-electron chi connectivity index (χ1n) is 6.85. The second kappa shape index (κ2) is 6.37. The standard InChI is InChI=1S/C16H19NO3/c1-12-3-2-10-17(16(12)20)11-14-6-4-13(5-7-14)8-9-15(18)19/h4-9,12H,2-3,10-11H2,1H3,(H,18,19)/b9-8+. The Hall–Kier alpha value is -2.10. The summed E-state index contributed by atoms with van der Waals surface area (Å²) < 4.78 is 0. The average Bonchev–Trinajstić information content (AvgIpc) is 2.43. The lowest BCUT2D eigenvalue weighted by atomic mass is 9.98. The van der Waals surface area contributed by atoms with E-state index >= 15 is 0 Å². The molecule has 1 aliphatic heterocycles. The Labute approximate surface area is 118 Å². The van der Waals surface area contributed by atoms with E-state index < -0.39 is 5.97 Å². The fraction of sp³-hybridized carbons (Fsp3) is 0.375. The van der Waals surface area contributed by atoms with E-state index in [1.807, 2.05) is 36.1 Å². The van der Waals surface area contributed by atoms with Gasteiger partial charge in [-0.3, -0.25) is 4.79 Å². The van der Waals surface area contributed by atoms with Crippen LogP contribution in [0.2, 0.25) is 0 Å². The third-order valence-corrected chi connectivity index (χ3v) is 3.57. The van der Waals surface area contributed by atoms with Gasteiger partial charge in [0.1, 0.15) is 0 Å². The number of piperidine rings is 1. The van der Waals surface area contributed by atoms with E-state index in [2.05, 4.69) is 0 Å². The maximum atomic E-state index is 12.0. The number of hydrogen-bond acceptors (Lipinski definition) is 2. The molecule has 1 heterocycles. The molecule has 1 aliphatic rings. The van der Waals surface area contributed by atoms with Crippen LogP contribution in [0.5, 0.6) is 0 Å². The predicted octanol–water partition coefficient (Wildman–Crippen LogP) is 2.54. The molecule has 0 bridgehead atoms. The molecule has 0 saturated carbocycles. The van der Waals surface area contributed by atoms with Gasteiger partial charge in [-0.2, -0.15) is 0 Å². The summed E-state index contributed by atoms with van der Waals surface area (Å²) in [5.41, 5.74) is 1.91. The van der Waals surface area contributed by atoms with Gasteiger partial charge in [0.25, 0.3) is 0 Å². The number of nitrogens with zero attached hydrogens (tertiary/aromatic N) is 1. The van der Waals surface area contributed by atoms with Gasteiger partial charge in [0, 0.05) is 25.1 Å². The molecule has 1 fully saturated rings. The summed E-state index contributed by atoms with van der Waals surface area (Å²) >= 11 is 0. The van der Waals surface area contributed by atoms with Crippen LogP contribution in [0.15, 0.2) is 30.3 Å². The van der Waals surface area contributed by atoms with Crippen LogP contribution in [0.1, 0.15) is 30.9 Å². The summed E-state index contributed by atoms with van der Waals surface area (Å²) in [4.78, 5) is 24.4. The topological polar surface area (TPSA) is 57.6 Å². The van der Waals surface area contributed by atoms with Crippen molar-refractivity contribution in [1.82, 2.24) is 4.90 Å². The van der Waals surface area contributed by atoms with Gasteiger partial charge >= 0.3 is 5.97 Å². The van der Waals surface area contributed by atoms with Crippen molar-refractivity contribution in [3.8, 4) is 0 Å². The molecule has 1 saturated heterocycles. The molecule has 2 rings (SSSR count). The Kier molecular flexibility index (Phi) is 4.56. The van der Waals surface area contributed by atoms with E-state index in [4.69, 9.17) is 5.11 Å². The van der Waals surface area contributed by atoms with Gasteiger partial charge in [0.2, 0.25) is 5.91 Å². The third-order valence-electron chi connectivity index (χ3n) is 3.57. The van der Waals surface area contributed by atoms with E-state index in [-0.39, 0.29) is 11.8 Å². The van der Waals surface area contributed by atoms with Gasteiger partial charge in [-0.05, 0) is 30.0 Å². The number of aliphatic carboxylic acids is 1. The van der Waals surface area contributed by atoms with E-state index in [0.717, 1.165) is 36.6 Å². The van der Waals surface area contributed by atoms with Gasteiger partial charge < -0.3 is 10.0 Å². The van der Waals surface area contributed by atoms with Gasteiger partial charge in [-0.15, -0.1) is 0 Å². The minimum absolute atomic E-state index is 0.126. The maximum absolute atomic E-state index is 12.0. The molecule has 1 aromatic carbocycles. The Morgan fingerprint density at radius 1 is 1.40 bits per heavy atom. The van der Waals surface area contributed by atoms with Crippen molar-refractivity contribution in [1.29, 1.82) is 0 Å². The second-order valence-corrected chi connectivity index (χ2v) is 5.22. The zero-order valence-electron chi connectivity index (χ0n) is 11.6. The molecule has 0 spiro atoms. The fourth-order valence-electron chi connectivity index (χ4n) is 2.41. The van der Waals surface area contributed by atoms with Gasteiger partial charge in [-0.25, -0.2) is 4.79 Å².